The highest BCUT2D eigenvalue weighted by Gasteiger charge is 2.23. The summed E-state index contributed by atoms with van der Waals surface area (Å²) in [4.78, 5) is 15.0. The monoisotopic (exact) mass is 445 g/mol. The molecule has 3 aromatic rings. The predicted molar refractivity (Wildman–Crippen MR) is 136 cm³/mol. The summed E-state index contributed by atoms with van der Waals surface area (Å²) >= 11 is 0. The smallest absolute Gasteiger partial charge is 0.322 e. The van der Waals surface area contributed by atoms with Crippen LogP contribution in [0.1, 0.15) is 37.9 Å². The Morgan fingerprint density at radius 1 is 0.939 bits per heavy atom. The van der Waals surface area contributed by atoms with Crippen LogP contribution in [0, 0.1) is 0 Å². The van der Waals surface area contributed by atoms with E-state index in [0.29, 0.717) is 6.54 Å². The van der Waals surface area contributed by atoms with Crippen molar-refractivity contribution in [2.45, 2.75) is 45.4 Å². The first-order chi connectivity index (χ1) is 15.9. The van der Waals surface area contributed by atoms with Crippen LogP contribution in [0.4, 0.5) is 10.5 Å². The highest BCUT2D eigenvalue weighted by Crippen LogP contribution is 2.25. The molecule has 0 bridgehead atoms. The second-order valence-electron chi connectivity index (χ2n) is 8.39. The second kappa shape index (κ2) is 11.6. The first-order valence-electron chi connectivity index (χ1n) is 11.5. The molecule has 174 valence electrons. The van der Waals surface area contributed by atoms with Gasteiger partial charge in [0.05, 0.1) is 12.1 Å². The molecule has 3 rings (SSSR count). The summed E-state index contributed by atoms with van der Waals surface area (Å²) in [5.74, 6) is 0. The quantitative estimate of drug-likeness (QED) is 0.453. The summed E-state index contributed by atoms with van der Waals surface area (Å²) in [6.07, 6.45) is 0.841. The van der Waals surface area contributed by atoms with Gasteiger partial charge in [-0.05, 0) is 54.7 Å². The molecule has 0 aromatic heterocycles. The third-order valence-electron chi connectivity index (χ3n) is 6.13. The van der Waals surface area contributed by atoms with E-state index in [-0.39, 0.29) is 24.2 Å². The Hall–Kier alpha value is -3.15. The lowest BCUT2D eigenvalue weighted by atomic mass is 10.0. The van der Waals surface area contributed by atoms with E-state index >= 15 is 0 Å². The predicted octanol–water partition coefficient (Wildman–Crippen LogP) is 5.56. The molecule has 0 heterocycles. The van der Waals surface area contributed by atoms with Gasteiger partial charge in [0.1, 0.15) is 0 Å². The third-order valence-corrected chi connectivity index (χ3v) is 6.13. The van der Waals surface area contributed by atoms with Crippen molar-refractivity contribution < 1.29 is 9.53 Å². The Morgan fingerprint density at radius 3 is 2.06 bits per heavy atom. The number of nitrogens with two attached hydrogens (primary N) is 1. The van der Waals surface area contributed by atoms with E-state index in [0.717, 1.165) is 28.8 Å². The van der Waals surface area contributed by atoms with E-state index in [2.05, 4.69) is 36.5 Å². The van der Waals surface area contributed by atoms with Crippen LogP contribution in [0.2, 0.25) is 0 Å². The number of aryl methyl sites for hydroxylation is 1. The van der Waals surface area contributed by atoms with Gasteiger partial charge in [0.15, 0.2) is 0 Å². The van der Waals surface area contributed by atoms with Crippen LogP contribution >= 0.6 is 0 Å². The topological polar surface area (TPSA) is 67.6 Å². The van der Waals surface area contributed by atoms with Gasteiger partial charge in [-0.3, -0.25) is 4.90 Å². The van der Waals surface area contributed by atoms with Crippen LogP contribution in [0.15, 0.2) is 78.9 Å². The van der Waals surface area contributed by atoms with Crippen molar-refractivity contribution >= 4 is 11.7 Å². The van der Waals surface area contributed by atoms with E-state index < -0.39 is 0 Å². The molecule has 5 nitrogen and oxygen atoms in total. The minimum absolute atomic E-state index is 0.131. The Morgan fingerprint density at radius 2 is 1.52 bits per heavy atom. The molecular weight excluding hydrogens is 410 g/mol. The fourth-order valence-corrected chi connectivity index (χ4v) is 3.69. The Labute approximate surface area is 197 Å². The van der Waals surface area contributed by atoms with E-state index in [9.17, 15) is 4.79 Å². The molecule has 3 unspecified atom stereocenters. The van der Waals surface area contributed by atoms with Crippen LogP contribution in [-0.2, 0) is 11.2 Å². The number of rotatable bonds is 9. The van der Waals surface area contributed by atoms with Gasteiger partial charge in [-0.1, -0.05) is 73.7 Å². The third kappa shape index (κ3) is 6.44. The Bertz CT molecular complexity index is 1000. The molecule has 0 fully saturated rings. The number of nitrogens with zero attached hydrogens (tertiary/aromatic N) is 1. The van der Waals surface area contributed by atoms with Crippen molar-refractivity contribution in [2.75, 3.05) is 18.6 Å². The molecule has 33 heavy (non-hydrogen) atoms. The largest absolute Gasteiger partial charge is 0.380 e. The maximum atomic E-state index is 13.3. The zero-order valence-corrected chi connectivity index (χ0v) is 20.0. The second-order valence-corrected chi connectivity index (χ2v) is 8.39. The molecule has 2 amide bonds. The summed E-state index contributed by atoms with van der Waals surface area (Å²) < 4.78 is 5.39. The fourth-order valence-electron chi connectivity index (χ4n) is 3.69. The fraction of sp³-hybridized carbons (Fsp3) is 0.321. The first-order valence-corrected chi connectivity index (χ1v) is 11.5. The molecule has 0 aliphatic carbocycles. The van der Waals surface area contributed by atoms with Gasteiger partial charge in [-0.25, -0.2) is 4.79 Å². The molecule has 3 N–H and O–H groups in total. The molecule has 0 spiro atoms. The number of amides is 2. The Kier molecular flexibility index (Phi) is 8.64. The van der Waals surface area contributed by atoms with Crippen LogP contribution in [0.3, 0.4) is 0 Å². The van der Waals surface area contributed by atoms with Crippen LogP contribution in [0.5, 0.6) is 0 Å². The average molecular weight is 446 g/mol. The van der Waals surface area contributed by atoms with Crippen LogP contribution < -0.4 is 16.0 Å². The van der Waals surface area contributed by atoms with Gasteiger partial charge in [-0.2, -0.15) is 0 Å². The van der Waals surface area contributed by atoms with E-state index in [1.54, 1.807) is 12.0 Å². The van der Waals surface area contributed by atoms with Gasteiger partial charge in [0, 0.05) is 25.4 Å². The summed E-state index contributed by atoms with van der Waals surface area (Å²) in [5.41, 5.74) is 11.8. The molecule has 3 atom stereocenters. The number of methoxy groups -OCH3 is 1. The zero-order chi connectivity index (χ0) is 23.8. The molecule has 0 radical (unpaired) electrons. The summed E-state index contributed by atoms with van der Waals surface area (Å²) in [6.45, 7) is 6.38. The summed E-state index contributed by atoms with van der Waals surface area (Å²) in [5, 5.41) is 3.11. The van der Waals surface area contributed by atoms with Crippen molar-refractivity contribution in [3.05, 3.63) is 90.0 Å². The number of anilines is 1. The SMILES string of the molecule is CCc1ccc(-c2ccc(N(CC(N)C(C)OC)C(=O)NC(C)c3ccccc3)cc2)cc1. The van der Waals surface area contributed by atoms with Crippen LogP contribution in [0.25, 0.3) is 11.1 Å². The van der Waals surface area contributed by atoms with Crippen molar-refractivity contribution in [3.63, 3.8) is 0 Å². The molecule has 0 saturated carbocycles. The van der Waals surface area contributed by atoms with E-state index in [1.165, 1.54) is 5.56 Å². The van der Waals surface area contributed by atoms with Crippen LogP contribution in [-0.4, -0.2) is 31.8 Å². The van der Waals surface area contributed by atoms with Gasteiger partial charge in [0.2, 0.25) is 0 Å². The lowest BCUT2D eigenvalue weighted by Gasteiger charge is -2.30. The molecule has 0 aliphatic heterocycles. The normalized spacial score (nSPS) is 13.7. The minimum Gasteiger partial charge on any atom is -0.380 e. The minimum atomic E-state index is -0.325. The van der Waals surface area contributed by atoms with Gasteiger partial charge >= 0.3 is 6.03 Å². The number of hydrogen-bond donors (Lipinski definition) is 2. The van der Waals surface area contributed by atoms with E-state index in [1.807, 2.05) is 68.4 Å². The van der Waals surface area contributed by atoms with E-state index in [4.69, 9.17) is 10.5 Å². The highest BCUT2D eigenvalue weighted by atomic mass is 16.5. The number of carbonyl (C=O) groups is 1. The number of carbonyl (C=O) groups excluding carboxylic acids is 1. The summed E-state index contributed by atoms with van der Waals surface area (Å²) in [7, 11) is 1.63. The molecular formula is C28H35N3O2. The molecule has 0 aliphatic rings. The van der Waals surface area contributed by atoms with Crippen molar-refractivity contribution in [3.8, 4) is 11.1 Å². The maximum Gasteiger partial charge on any atom is 0.322 e. The lowest BCUT2D eigenvalue weighted by molar-refractivity contribution is 0.0975. The van der Waals surface area contributed by atoms with Crippen molar-refractivity contribution in [2.24, 2.45) is 5.73 Å². The molecule has 5 heteroatoms. The first kappa shape index (κ1) is 24.5. The number of nitrogens with one attached hydrogen (secondary N) is 1. The van der Waals surface area contributed by atoms with Gasteiger partial charge < -0.3 is 15.8 Å². The average Bonchev–Trinajstić information content (AvgIpc) is 2.87. The molecule has 3 aromatic carbocycles. The van der Waals surface area contributed by atoms with Gasteiger partial charge in [-0.15, -0.1) is 0 Å². The summed E-state index contributed by atoms with van der Waals surface area (Å²) in [6, 6.07) is 25.9. The highest BCUT2D eigenvalue weighted by molar-refractivity contribution is 5.92. The standard InChI is InChI=1S/C28H35N3O2/c1-5-22-11-13-24(14-12-22)25-15-17-26(18-16-25)31(19-27(29)21(3)33-4)28(32)30-20(2)23-9-7-6-8-10-23/h6-18,20-21,27H,5,19,29H2,1-4H3,(H,30,32). The van der Waals surface area contributed by atoms with Crippen molar-refractivity contribution in [1.82, 2.24) is 5.32 Å². The maximum absolute atomic E-state index is 13.3. The zero-order valence-electron chi connectivity index (χ0n) is 20.0. The number of urea groups is 1. The lowest BCUT2D eigenvalue weighted by Crippen LogP contribution is -2.50. The van der Waals surface area contributed by atoms with Gasteiger partial charge in [0.25, 0.3) is 0 Å². The Balaban J connectivity index is 1.82. The number of ether oxygens (including phenoxy) is 1. The molecule has 0 saturated heterocycles. The number of benzene rings is 3. The van der Waals surface area contributed by atoms with Crippen molar-refractivity contribution in [1.29, 1.82) is 0 Å². The number of hydrogen-bond acceptors (Lipinski definition) is 3.